The van der Waals surface area contributed by atoms with Crippen LogP contribution < -0.4 is 20.3 Å². The summed E-state index contributed by atoms with van der Waals surface area (Å²) in [6, 6.07) is 23.7. The van der Waals surface area contributed by atoms with Gasteiger partial charge < -0.3 is 24.7 Å². The summed E-state index contributed by atoms with van der Waals surface area (Å²) in [6.45, 7) is 0.484. The van der Waals surface area contributed by atoms with Crippen LogP contribution in [0.25, 0.3) is 10.9 Å². The highest BCUT2D eigenvalue weighted by Gasteiger charge is 2.17. The van der Waals surface area contributed by atoms with E-state index in [1.165, 1.54) is 0 Å². The molecule has 0 unspecified atom stereocenters. The van der Waals surface area contributed by atoms with Gasteiger partial charge in [-0.05, 0) is 54.1 Å². The number of nitrogens with zero attached hydrogens (tertiary/aromatic N) is 1. The van der Waals surface area contributed by atoms with Gasteiger partial charge in [0.2, 0.25) is 0 Å². The minimum Gasteiger partial charge on any atom is -0.497 e. The fourth-order valence-electron chi connectivity index (χ4n) is 3.56. The largest absolute Gasteiger partial charge is 0.497 e. The summed E-state index contributed by atoms with van der Waals surface area (Å²) >= 11 is 0. The summed E-state index contributed by atoms with van der Waals surface area (Å²) in [7, 11) is 3.19. The van der Waals surface area contributed by atoms with Crippen LogP contribution in [0.4, 0.5) is 10.5 Å². The van der Waals surface area contributed by atoms with E-state index in [-0.39, 0.29) is 18.1 Å². The third kappa shape index (κ3) is 5.33. The molecule has 0 radical (unpaired) electrons. The zero-order valence-electron chi connectivity index (χ0n) is 18.5. The van der Waals surface area contributed by atoms with E-state index in [0.29, 0.717) is 34.8 Å². The van der Waals surface area contributed by atoms with Gasteiger partial charge in [0.05, 0.1) is 20.8 Å². The molecule has 0 aliphatic rings. The lowest BCUT2D eigenvalue weighted by Crippen LogP contribution is -2.35. The third-order valence-corrected chi connectivity index (χ3v) is 5.33. The highest BCUT2D eigenvalue weighted by molar-refractivity contribution is 5.89. The van der Waals surface area contributed by atoms with Crippen molar-refractivity contribution in [3.05, 3.63) is 100 Å². The molecule has 1 aromatic heterocycles. The van der Waals surface area contributed by atoms with Crippen molar-refractivity contribution in [1.82, 2.24) is 9.88 Å². The Kier molecular flexibility index (Phi) is 6.59. The van der Waals surface area contributed by atoms with Crippen LogP contribution in [0.2, 0.25) is 0 Å². The molecule has 0 aliphatic heterocycles. The molecule has 7 nitrogen and oxygen atoms in total. The van der Waals surface area contributed by atoms with Gasteiger partial charge in [-0.3, -0.25) is 4.79 Å². The highest BCUT2D eigenvalue weighted by atomic mass is 16.5. The summed E-state index contributed by atoms with van der Waals surface area (Å²) in [6.07, 6.45) is 0. The second-order valence-electron chi connectivity index (χ2n) is 7.58. The van der Waals surface area contributed by atoms with E-state index < -0.39 is 0 Å². The molecular formula is C26H25N3O4. The third-order valence-electron chi connectivity index (χ3n) is 5.33. The summed E-state index contributed by atoms with van der Waals surface area (Å²) in [4.78, 5) is 30.5. The predicted molar refractivity (Wildman–Crippen MR) is 129 cm³/mol. The Bertz CT molecular complexity index is 1300. The normalized spacial score (nSPS) is 10.6. The van der Waals surface area contributed by atoms with Crippen molar-refractivity contribution in [2.45, 2.75) is 13.1 Å². The molecule has 0 bridgehead atoms. The number of H-pyrrole nitrogens is 1. The van der Waals surface area contributed by atoms with E-state index in [1.54, 1.807) is 61.6 Å². The van der Waals surface area contributed by atoms with E-state index >= 15 is 0 Å². The van der Waals surface area contributed by atoms with Gasteiger partial charge in [0, 0.05) is 28.7 Å². The van der Waals surface area contributed by atoms with E-state index in [9.17, 15) is 9.59 Å². The summed E-state index contributed by atoms with van der Waals surface area (Å²) in [5, 5.41) is 3.74. The monoisotopic (exact) mass is 443 g/mol. The molecule has 0 fully saturated rings. The van der Waals surface area contributed by atoms with E-state index in [4.69, 9.17) is 9.47 Å². The SMILES string of the molecule is COc1ccc(NC(=O)N(Cc2ccccc2)Cc2cc3cc(OC)ccc3[nH]c2=O)cc1. The fraction of sp³-hybridized carbons (Fsp3) is 0.154. The number of ether oxygens (including phenoxy) is 2. The predicted octanol–water partition coefficient (Wildman–Crippen LogP) is 4.78. The lowest BCUT2D eigenvalue weighted by atomic mass is 10.1. The van der Waals surface area contributed by atoms with Gasteiger partial charge in [-0.15, -0.1) is 0 Å². The number of methoxy groups -OCH3 is 2. The van der Waals surface area contributed by atoms with Gasteiger partial charge in [0.15, 0.2) is 0 Å². The number of anilines is 1. The number of urea groups is 1. The highest BCUT2D eigenvalue weighted by Crippen LogP contribution is 2.20. The summed E-state index contributed by atoms with van der Waals surface area (Å²) < 4.78 is 10.5. The maximum atomic E-state index is 13.2. The standard InChI is InChI=1S/C26H25N3O4/c1-32-22-10-8-21(9-11-22)27-26(31)29(16-18-6-4-3-5-7-18)17-20-14-19-15-23(33-2)12-13-24(19)28-25(20)30/h3-15H,16-17H2,1-2H3,(H,27,31)(H,28,30). The minimum atomic E-state index is -0.311. The number of fused-ring (bicyclic) bond motifs is 1. The first kappa shape index (κ1) is 22.0. The maximum Gasteiger partial charge on any atom is 0.322 e. The van der Waals surface area contributed by atoms with Gasteiger partial charge in [0.1, 0.15) is 11.5 Å². The summed E-state index contributed by atoms with van der Waals surface area (Å²) in [5.74, 6) is 1.39. The molecular weight excluding hydrogens is 418 g/mol. The van der Waals surface area contributed by atoms with Crippen molar-refractivity contribution in [2.24, 2.45) is 0 Å². The molecule has 0 spiro atoms. The number of hydrogen-bond donors (Lipinski definition) is 2. The number of amides is 2. The maximum absolute atomic E-state index is 13.2. The first-order valence-corrected chi connectivity index (χ1v) is 10.5. The van der Waals surface area contributed by atoms with Crippen molar-refractivity contribution in [3.8, 4) is 11.5 Å². The van der Waals surface area contributed by atoms with Crippen molar-refractivity contribution in [2.75, 3.05) is 19.5 Å². The van der Waals surface area contributed by atoms with Crippen LogP contribution in [-0.4, -0.2) is 30.1 Å². The Morgan fingerprint density at radius 1 is 0.879 bits per heavy atom. The number of benzene rings is 3. The van der Waals surface area contributed by atoms with Gasteiger partial charge in [-0.2, -0.15) is 0 Å². The van der Waals surface area contributed by atoms with Gasteiger partial charge in [-0.1, -0.05) is 30.3 Å². The second-order valence-corrected chi connectivity index (χ2v) is 7.58. The number of pyridine rings is 1. The molecule has 1 heterocycles. The number of carbonyl (C=O) groups excluding carboxylic acids is 1. The Balaban J connectivity index is 1.63. The van der Waals surface area contributed by atoms with Crippen molar-refractivity contribution < 1.29 is 14.3 Å². The Morgan fingerprint density at radius 3 is 2.27 bits per heavy atom. The van der Waals surface area contributed by atoms with Crippen LogP contribution in [0.3, 0.4) is 0 Å². The van der Waals surface area contributed by atoms with Gasteiger partial charge in [-0.25, -0.2) is 4.79 Å². The number of hydrogen-bond acceptors (Lipinski definition) is 4. The number of rotatable bonds is 7. The lowest BCUT2D eigenvalue weighted by Gasteiger charge is -2.23. The molecule has 33 heavy (non-hydrogen) atoms. The van der Waals surface area contributed by atoms with Gasteiger partial charge in [0.25, 0.3) is 5.56 Å². The molecule has 7 heteroatoms. The minimum absolute atomic E-state index is 0.138. The van der Waals surface area contributed by atoms with Crippen molar-refractivity contribution >= 4 is 22.6 Å². The van der Waals surface area contributed by atoms with Crippen LogP contribution in [0.5, 0.6) is 11.5 Å². The van der Waals surface area contributed by atoms with Gasteiger partial charge >= 0.3 is 6.03 Å². The molecule has 0 aliphatic carbocycles. The molecule has 4 rings (SSSR count). The van der Waals surface area contributed by atoms with E-state index in [2.05, 4.69) is 10.3 Å². The number of nitrogens with one attached hydrogen (secondary N) is 2. The zero-order valence-corrected chi connectivity index (χ0v) is 18.5. The Hall–Kier alpha value is -4.26. The fourth-order valence-corrected chi connectivity index (χ4v) is 3.56. The smallest absolute Gasteiger partial charge is 0.322 e. The lowest BCUT2D eigenvalue weighted by molar-refractivity contribution is 0.206. The Labute approximate surface area is 191 Å². The van der Waals surface area contributed by atoms with Crippen LogP contribution in [-0.2, 0) is 13.1 Å². The van der Waals surface area contributed by atoms with Crippen LogP contribution in [0.1, 0.15) is 11.1 Å². The Morgan fingerprint density at radius 2 is 1.58 bits per heavy atom. The molecule has 0 saturated heterocycles. The van der Waals surface area contributed by atoms with E-state index in [0.717, 1.165) is 10.9 Å². The molecule has 2 amide bonds. The van der Waals surface area contributed by atoms with Crippen molar-refractivity contribution in [3.63, 3.8) is 0 Å². The number of aromatic amines is 1. The molecule has 2 N–H and O–H groups in total. The van der Waals surface area contributed by atoms with E-state index in [1.807, 2.05) is 36.4 Å². The molecule has 0 atom stereocenters. The van der Waals surface area contributed by atoms with Crippen LogP contribution in [0.15, 0.2) is 83.7 Å². The second kappa shape index (κ2) is 9.91. The first-order chi connectivity index (χ1) is 16.1. The average Bonchev–Trinajstić information content (AvgIpc) is 2.84. The number of carbonyl (C=O) groups is 1. The van der Waals surface area contributed by atoms with Crippen LogP contribution >= 0.6 is 0 Å². The molecule has 3 aromatic carbocycles. The summed E-state index contributed by atoms with van der Waals surface area (Å²) in [5.41, 5.74) is 2.55. The quantitative estimate of drug-likeness (QED) is 0.431. The van der Waals surface area contributed by atoms with Crippen LogP contribution in [0, 0.1) is 0 Å². The molecule has 0 saturated carbocycles. The van der Waals surface area contributed by atoms with Crippen molar-refractivity contribution in [1.29, 1.82) is 0 Å². The molecule has 4 aromatic rings. The zero-order chi connectivity index (χ0) is 23.2. The average molecular weight is 444 g/mol. The molecule has 168 valence electrons. The number of aromatic nitrogens is 1. The topological polar surface area (TPSA) is 83.7 Å². The first-order valence-electron chi connectivity index (χ1n) is 10.5.